The first-order valence-electron chi connectivity index (χ1n) is 9.39. The molecule has 0 fully saturated rings. The number of allylic oxidation sites excluding steroid dienone is 3. The van der Waals surface area contributed by atoms with Crippen LogP contribution in [-0.2, 0) is 4.79 Å². The van der Waals surface area contributed by atoms with Crippen LogP contribution in [0.2, 0.25) is 0 Å². The molecule has 1 aliphatic heterocycles. The maximum Gasteiger partial charge on any atom is 0.273 e. The Morgan fingerprint density at radius 1 is 1.17 bits per heavy atom. The number of benzene rings is 2. The number of halogens is 1. The number of ketones is 1. The minimum absolute atomic E-state index is 0.0125. The van der Waals surface area contributed by atoms with E-state index in [-0.39, 0.29) is 46.1 Å². The van der Waals surface area contributed by atoms with Gasteiger partial charge in [0.1, 0.15) is 11.6 Å². The third-order valence-corrected chi connectivity index (χ3v) is 5.45. The van der Waals surface area contributed by atoms with Gasteiger partial charge in [-0.2, -0.15) is 5.26 Å². The average Bonchev–Trinajstić information content (AvgIpc) is 2.74. The predicted molar refractivity (Wildman–Crippen MR) is 107 cm³/mol. The Bertz CT molecular complexity index is 1180. The van der Waals surface area contributed by atoms with Crippen molar-refractivity contribution in [3.63, 3.8) is 0 Å². The summed E-state index contributed by atoms with van der Waals surface area (Å²) >= 11 is 0. The molecule has 0 saturated heterocycles. The van der Waals surface area contributed by atoms with Crippen LogP contribution in [0.25, 0.3) is 0 Å². The van der Waals surface area contributed by atoms with E-state index in [9.17, 15) is 24.6 Å². The zero-order valence-corrected chi connectivity index (χ0v) is 15.8. The zero-order chi connectivity index (χ0) is 21.4. The lowest BCUT2D eigenvalue weighted by Crippen LogP contribution is -2.39. The van der Waals surface area contributed by atoms with Crippen LogP contribution in [0.5, 0.6) is 0 Å². The van der Waals surface area contributed by atoms with Gasteiger partial charge in [0, 0.05) is 29.3 Å². The van der Waals surface area contributed by atoms with Crippen molar-refractivity contribution >= 4 is 17.2 Å². The summed E-state index contributed by atoms with van der Waals surface area (Å²) in [5, 5.41) is 21.5. The van der Waals surface area contributed by atoms with Crippen molar-refractivity contribution in [1.82, 2.24) is 0 Å². The molecule has 0 amide bonds. The van der Waals surface area contributed by atoms with Crippen LogP contribution in [0.3, 0.4) is 0 Å². The highest BCUT2D eigenvalue weighted by Crippen LogP contribution is 2.48. The summed E-state index contributed by atoms with van der Waals surface area (Å²) in [7, 11) is 0. The molecule has 0 aromatic heterocycles. The van der Waals surface area contributed by atoms with Gasteiger partial charge in [0.15, 0.2) is 5.78 Å². The molecule has 0 radical (unpaired) electrons. The van der Waals surface area contributed by atoms with E-state index in [1.165, 1.54) is 41.3 Å². The van der Waals surface area contributed by atoms with E-state index >= 15 is 0 Å². The number of nitro groups is 1. The SMILES string of the molecule is N#CC1=C(N)N(c2ccccc2F)C2=C(C(=O)CCC2)C1c1ccccc1[N+](=O)[O-]. The molecule has 2 aromatic carbocycles. The van der Waals surface area contributed by atoms with Gasteiger partial charge < -0.3 is 5.73 Å². The number of hydrogen-bond donors (Lipinski definition) is 1. The summed E-state index contributed by atoms with van der Waals surface area (Å²) in [4.78, 5) is 25.5. The smallest absolute Gasteiger partial charge is 0.273 e. The molecule has 1 aliphatic carbocycles. The van der Waals surface area contributed by atoms with Crippen LogP contribution < -0.4 is 10.6 Å². The van der Waals surface area contributed by atoms with Crippen LogP contribution in [0.15, 0.2) is 71.2 Å². The van der Waals surface area contributed by atoms with Crippen molar-refractivity contribution in [3.8, 4) is 6.07 Å². The zero-order valence-electron chi connectivity index (χ0n) is 15.8. The van der Waals surface area contributed by atoms with Gasteiger partial charge in [-0.3, -0.25) is 19.8 Å². The number of nitrogens with two attached hydrogens (primary N) is 1. The number of nitrogens with zero attached hydrogens (tertiary/aromatic N) is 3. The summed E-state index contributed by atoms with van der Waals surface area (Å²) in [6.45, 7) is 0. The third kappa shape index (κ3) is 2.92. The Labute approximate surface area is 171 Å². The van der Waals surface area contributed by atoms with Crippen molar-refractivity contribution in [3.05, 3.63) is 92.7 Å². The molecule has 7 nitrogen and oxygen atoms in total. The Hall–Kier alpha value is -3.99. The Morgan fingerprint density at radius 2 is 1.87 bits per heavy atom. The Kier molecular flexibility index (Phi) is 4.80. The predicted octanol–water partition coefficient (Wildman–Crippen LogP) is 4.04. The Morgan fingerprint density at radius 3 is 2.57 bits per heavy atom. The van der Waals surface area contributed by atoms with Crippen molar-refractivity contribution < 1.29 is 14.1 Å². The number of rotatable bonds is 3. The van der Waals surface area contributed by atoms with Gasteiger partial charge in [-0.1, -0.05) is 30.3 Å². The second-order valence-corrected chi connectivity index (χ2v) is 7.08. The maximum atomic E-state index is 14.6. The lowest BCUT2D eigenvalue weighted by Gasteiger charge is -2.39. The molecule has 2 N–H and O–H groups in total. The highest BCUT2D eigenvalue weighted by atomic mass is 19.1. The first kappa shape index (κ1) is 19.3. The highest BCUT2D eigenvalue weighted by molar-refractivity contribution is 6.01. The van der Waals surface area contributed by atoms with Crippen molar-refractivity contribution in [2.75, 3.05) is 4.90 Å². The molecule has 30 heavy (non-hydrogen) atoms. The van der Waals surface area contributed by atoms with E-state index in [1.54, 1.807) is 12.1 Å². The summed E-state index contributed by atoms with van der Waals surface area (Å²) in [6.07, 6.45) is 1.23. The number of carbonyl (C=O) groups is 1. The van der Waals surface area contributed by atoms with E-state index < -0.39 is 16.7 Å². The summed E-state index contributed by atoms with van der Waals surface area (Å²) in [6, 6.07) is 14.0. The number of hydrogen-bond acceptors (Lipinski definition) is 6. The van der Waals surface area contributed by atoms with Crippen molar-refractivity contribution in [2.24, 2.45) is 5.73 Å². The van der Waals surface area contributed by atoms with Crippen LogP contribution in [0.1, 0.15) is 30.7 Å². The molecular weight excluding hydrogens is 387 g/mol. The van der Waals surface area contributed by atoms with E-state index in [1.807, 2.05) is 6.07 Å². The fourth-order valence-corrected chi connectivity index (χ4v) is 4.20. The Balaban J connectivity index is 2.03. The van der Waals surface area contributed by atoms with E-state index in [0.29, 0.717) is 18.5 Å². The fraction of sp³-hybridized carbons (Fsp3) is 0.182. The van der Waals surface area contributed by atoms with Crippen LogP contribution >= 0.6 is 0 Å². The van der Waals surface area contributed by atoms with E-state index in [0.717, 1.165) is 0 Å². The average molecular weight is 404 g/mol. The summed E-state index contributed by atoms with van der Waals surface area (Å²) in [5.74, 6) is -1.77. The van der Waals surface area contributed by atoms with Crippen LogP contribution in [0, 0.1) is 27.3 Å². The van der Waals surface area contributed by atoms with Gasteiger partial charge in [-0.05, 0) is 25.0 Å². The van der Waals surface area contributed by atoms with Gasteiger partial charge in [0.05, 0.1) is 28.2 Å². The first-order chi connectivity index (χ1) is 14.5. The topological polar surface area (TPSA) is 113 Å². The molecule has 1 unspecified atom stereocenters. The lowest BCUT2D eigenvalue weighted by atomic mass is 9.75. The molecule has 1 atom stereocenters. The summed E-state index contributed by atoms with van der Waals surface area (Å²) < 4.78 is 14.6. The van der Waals surface area contributed by atoms with Gasteiger partial charge in [0.2, 0.25) is 0 Å². The minimum atomic E-state index is -0.970. The number of nitriles is 1. The van der Waals surface area contributed by atoms with Gasteiger partial charge >= 0.3 is 0 Å². The van der Waals surface area contributed by atoms with Crippen LogP contribution in [-0.4, -0.2) is 10.7 Å². The largest absolute Gasteiger partial charge is 0.384 e. The second-order valence-electron chi connectivity index (χ2n) is 7.08. The van der Waals surface area contributed by atoms with Gasteiger partial charge in [0.25, 0.3) is 5.69 Å². The highest BCUT2D eigenvalue weighted by Gasteiger charge is 2.42. The number of nitro benzene ring substituents is 1. The van der Waals surface area contributed by atoms with Crippen molar-refractivity contribution in [2.45, 2.75) is 25.2 Å². The standard InChI is InChI=1S/C22H17FN4O3/c23-15-7-2-4-9-17(15)26-18-10-5-11-19(28)21(18)20(14(12-24)22(26)25)13-6-1-3-8-16(13)27(29)30/h1-4,6-9,20H,5,10-11,25H2. The van der Waals surface area contributed by atoms with Crippen LogP contribution in [0.4, 0.5) is 15.8 Å². The maximum absolute atomic E-state index is 14.6. The normalized spacial score (nSPS) is 18.9. The number of para-hydroxylation sites is 2. The number of anilines is 1. The van der Waals surface area contributed by atoms with E-state index in [2.05, 4.69) is 0 Å². The fourth-order valence-electron chi connectivity index (χ4n) is 4.20. The molecule has 2 aromatic rings. The number of carbonyl (C=O) groups excluding carboxylic acids is 1. The first-order valence-corrected chi connectivity index (χ1v) is 9.39. The molecule has 150 valence electrons. The molecule has 2 aliphatic rings. The van der Waals surface area contributed by atoms with Gasteiger partial charge in [-0.25, -0.2) is 4.39 Å². The van der Waals surface area contributed by atoms with E-state index in [4.69, 9.17) is 5.73 Å². The molecule has 8 heteroatoms. The monoisotopic (exact) mass is 404 g/mol. The molecular formula is C22H17FN4O3. The lowest BCUT2D eigenvalue weighted by molar-refractivity contribution is -0.385. The quantitative estimate of drug-likeness (QED) is 0.610. The van der Waals surface area contributed by atoms with Crippen molar-refractivity contribution in [1.29, 1.82) is 5.26 Å². The third-order valence-electron chi connectivity index (χ3n) is 5.45. The molecule has 1 heterocycles. The second kappa shape index (κ2) is 7.44. The molecule has 4 rings (SSSR count). The molecule has 0 bridgehead atoms. The summed E-state index contributed by atoms with van der Waals surface area (Å²) in [5.41, 5.74) is 7.23. The molecule has 0 spiro atoms. The van der Waals surface area contributed by atoms with Gasteiger partial charge in [-0.15, -0.1) is 0 Å². The molecule has 0 saturated carbocycles. The number of Topliss-reactive ketones (excluding diaryl/α,β-unsaturated/α-hetero) is 1. The minimum Gasteiger partial charge on any atom is -0.384 e.